The topological polar surface area (TPSA) is 59.5 Å². The molecule has 0 aliphatic heterocycles. The van der Waals surface area contributed by atoms with E-state index >= 15 is 0 Å². The number of ketones is 1. The van der Waals surface area contributed by atoms with Gasteiger partial charge in [0.05, 0.1) is 11.1 Å². The Morgan fingerprint density at radius 1 is 1.15 bits per heavy atom. The summed E-state index contributed by atoms with van der Waals surface area (Å²) in [7, 11) is 1.58. The summed E-state index contributed by atoms with van der Waals surface area (Å²) in [5.74, 6) is 5.11. The lowest BCUT2D eigenvalue weighted by Gasteiger charge is -2.23. The summed E-state index contributed by atoms with van der Waals surface area (Å²) in [6.07, 6.45) is 1.04. The van der Waals surface area contributed by atoms with E-state index in [1.807, 2.05) is 19.9 Å². The minimum atomic E-state index is -0.576. The van der Waals surface area contributed by atoms with Crippen LogP contribution in [-0.2, 0) is 4.74 Å². The largest absolute Gasteiger partial charge is 0.443 e. The maximum atomic E-state index is 12.0. The molecule has 1 heterocycles. The Balaban J connectivity index is 0.00000163. The second-order valence-electron chi connectivity index (χ2n) is 5.99. The molecule has 0 spiro atoms. The number of anilines is 1. The fraction of sp³-hybridized carbons (Fsp3) is 0.350. The number of hydrogen-bond donors (Lipinski definition) is 0. The molecule has 0 saturated carbocycles. The molecule has 5 nitrogen and oxygen atoms in total. The first-order valence-electron chi connectivity index (χ1n) is 8.30. The number of aromatic nitrogens is 1. The van der Waals surface area contributed by atoms with E-state index in [0.29, 0.717) is 15.6 Å². The average molecular weight is 372 g/mol. The van der Waals surface area contributed by atoms with Crippen molar-refractivity contribution >= 4 is 28.3 Å². The van der Waals surface area contributed by atoms with Gasteiger partial charge in [0.25, 0.3) is 0 Å². The molecule has 0 N–H and O–H groups in total. The molecule has 2 rings (SSSR count). The van der Waals surface area contributed by atoms with Crippen LogP contribution in [-0.4, -0.2) is 29.5 Å². The number of benzene rings is 1. The molecule has 0 bridgehead atoms. The molecule has 0 aliphatic rings. The van der Waals surface area contributed by atoms with E-state index in [-0.39, 0.29) is 5.78 Å². The van der Waals surface area contributed by atoms with Crippen LogP contribution in [0.15, 0.2) is 36.5 Å². The highest BCUT2D eigenvalue weighted by molar-refractivity contribution is 7.16. The normalized spacial score (nSPS) is 9.92. The highest BCUT2D eigenvalue weighted by Gasteiger charge is 2.22. The van der Waals surface area contributed by atoms with Crippen molar-refractivity contribution in [1.29, 1.82) is 0 Å². The quantitative estimate of drug-likeness (QED) is 0.562. The van der Waals surface area contributed by atoms with E-state index in [9.17, 15) is 9.59 Å². The van der Waals surface area contributed by atoms with Gasteiger partial charge in [0.2, 0.25) is 5.78 Å². The number of thiazole rings is 1. The number of nitrogens with zero attached hydrogens (tertiary/aromatic N) is 2. The highest BCUT2D eigenvalue weighted by atomic mass is 32.1. The standard InChI is InChI=1S/C18H18N2O3S.C2H6/c1-18(2,3)23-17(22)20(4)16-19-12-14(24-16)10-11-15(21)13-8-6-5-7-9-13;1-2/h5-9,12H,1-4H3;1-2H3. The van der Waals surface area contributed by atoms with Crippen LogP contribution in [0.2, 0.25) is 0 Å². The lowest BCUT2D eigenvalue weighted by Crippen LogP contribution is -2.34. The molecule has 0 unspecified atom stereocenters. The molecule has 1 amide bonds. The van der Waals surface area contributed by atoms with Gasteiger partial charge in [-0.25, -0.2) is 9.78 Å². The van der Waals surface area contributed by atoms with Crippen molar-refractivity contribution in [1.82, 2.24) is 4.98 Å². The second-order valence-corrected chi connectivity index (χ2v) is 7.00. The van der Waals surface area contributed by atoms with E-state index in [1.165, 1.54) is 22.4 Å². The van der Waals surface area contributed by atoms with E-state index in [0.717, 1.165) is 0 Å². The smallest absolute Gasteiger partial charge is 0.416 e. The number of ether oxygens (including phenoxy) is 1. The monoisotopic (exact) mass is 372 g/mol. The number of carbonyl (C=O) groups excluding carboxylic acids is 2. The summed E-state index contributed by atoms with van der Waals surface area (Å²) >= 11 is 1.22. The van der Waals surface area contributed by atoms with Crippen molar-refractivity contribution in [3.8, 4) is 11.8 Å². The van der Waals surface area contributed by atoms with Crippen LogP contribution in [0.5, 0.6) is 0 Å². The number of Topliss-reactive ketones (excluding diaryl/α,β-unsaturated/α-hetero) is 1. The third-order valence-electron chi connectivity index (χ3n) is 2.78. The SMILES string of the molecule is CC.CN(C(=O)OC(C)(C)C)c1ncc(C#CC(=O)c2ccccc2)s1. The fourth-order valence-electron chi connectivity index (χ4n) is 1.67. The second kappa shape index (κ2) is 9.73. The van der Waals surface area contributed by atoms with E-state index in [1.54, 1.807) is 52.1 Å². The fourth-order valence-corrected chi connectivity index (χ4v) is 2.39. The van der Waals surface area contributed by atoms with Crippen LogP contribution in [0, 0.1) is 11.8 Å². The van der Waals surface area contributed by atoms with Gasteiger partial charge in [-0.05, 0) is 32.6 Å². The average Bonchev–Trinajstić information content (AvgIpc) is 3.09. The summed E-state index contributed by atoms with van der Waals surface area (Å²) in [6.45, 7) is 9.39. The molecule has 0 saturated heterocycles. The maximum Gasteiger partial charge on any atom is 0.416 e. The predicted octanol–water partition coefficient (Wildman–Crippen LogP) is 4.78. The van der Waals surface area contributed by atoms with Crippen molar-refractivity contribution in [2.24, 2.45) is 0 Å². The van der Waals surface area contributed by atoms with Crippen LogP contribution >= 0.6 is 11.3 Å². The number of amides is 1. The summed E-state index contributed by atoms with van der Waals surface area (Å²) in [6, 6.07) is 8.84. The van der Waals surface area contributed by atoms with E-state index in [4.69, 9.17) is 4.74 Å². The lowest BCUT2D eigenvalue weighted by molar-refractivity contribution is 0.0589. The molecule has 26 heavy (non-hydrogen) atoms. The van der Waals surface area contributed by atoms with E-state index in [2.05, 4.69) is 16.8 Å². The summed E-state index contributed by atoms with van der Waals surface area (Å²) in [5.41, 5.74) is -0.0338. The Morgan fingerprint density at radius 3 is 2.35 bits per heavy atom. The van der Waals surface area contributed by atoms with Crippen LogP contribution in [0.3, 0.4) is 0 Å². The molecule has 1 aromatic carbocycles. The van der Waals surface area contributed by atoms with Crippen molar-refractivity contribution in [3.05, 3.63) is 47.0 Å². The number of rotatable bonds is 2. The number of hydrogen-bond acceptors (Lipinski definition) is 5. The van der Waals surface area contributed by atoms with Crippen LogP contribution < -0.4 is 4.90 Å². The molecule has 0 fully saturated rings. The first-order valence-corrected chi connectivity index (χ1v) is 9.12. The van der Waals surface area contributed by atoms with Gasteiger partial charge in [0.15, 0.2) is 5.13 Å². The molecular weight excluding hydrogens is 348 g/mol. The maximum absolute atomic E-state index is 12.0. The molecule has 6 heteroatoms. The molecule has 138 valence electrons. The summed E-state index contributed by atoms with van der Waals surface area (Å²) < 4.78 is 5.28. The first-order chi connectivity index (χ1) is 12.3. The van der Waals surface area contributed by atoms with Crippen LogP contribution in [0.25, 0.3) is 0 Å². The molecule has 0 atom stereocenters. The van der Waals surface area contributed by atoms with Crippen molar-refractivity contribution in [2.75, 3.05) is 11.9 Å². The number of carbonyl (C=O) groups is 2. The zero-order valence-electron chi connectivity index (χ0n) is 16.0. The zero-order valence-corrected chi connectivity index (χ0v) is 16.8. The minimum absolute atomic E-state index is 0.258. The minimum Gasteiger partial charge on any atom is -0.443 e. The zero-order chi connectivity index (χ0) is 19.7. The Hall–Kier alpha value is -2.65. The van der Waals surface area contributed by atoms with Gasteiger partial charge in [-0.2, -0.15) is 0 Å². The van der Waals surface area contributed by atoms with Gasteiger partial charge in [0.1, 0.15) is 5.60 Å². The van der Waals surface area contributed by atoms with Crippen LogP contribution in [0.4, 0.5) is 9.93 Å². The van der Waals surface area contributed by atoms with E-state index < -0.39 is 11.7 Å². The van der Waals surface area contributed by atoms with Gasteiger partial charge >= 0.3 is 6.09 Å². The van der Waals surface area contributed by atoms with Gasteiger partial charge in [0, 0.05) is 12.6 Å². The third-order valence-corrected chi connectivity index (χ3v) is 3.77. The van der Waals surface area contributed by atoms with Crippen molar-refractivity contribution in [3.63, 3.8) is 0 Å². The third kappa shape index (κ3) is 6.69. The predicted molar refractivity (Wildman–Crippen MR) is 106 cm³/mol. The molecule has 2 aromatic rings. The molecular formula is C20H24N2O3S. The van der Waals surface area contributed by atoms with Crippen LogP contribution in [0.1, 0.15) is 49.9 Å². The lowest BCUT2D eigenvalue weighted by atomic mass is 10.1. The van der Waals surface area contributed by atoms with Gasteiger partial charge in [-0.1, -0.05) is 55.5 Å². The van der Waals surface area contributed by atoms with Gasteiger partial charge in [-0.3, -0.25) is 9.69 Å². The van der Waals surface area contributed by atoms with Gasteiger partial charge < -0.3 is 4.74 Å². The summed E-state index contributed by atoms with van der Waals surface area (Å²) in [4.78, 5) is 30.0. The molecule has 0 radical (unpaired) electrons. The summed E-state index contributed by atoms with van der Waals surface area (Å²) in [5, 5.41) is 0.459. The Kier molecular flexibility index (Phi) is 8.01. The molecule has 1 aromatic heterocycles. The Morgan fingerprint density at radius 2 is 1.77 bits per heavy atom. The highest BCUT2D eigenvalue weighted by Crippen LogP contribution is 2.22. The van der Waals surface area contributed by atoms with Gasteiger partial charge in [-0.15, -0.1) is 0 Å². The first kappa shape index (κ1) is 21.4. The van der Waals surface area contributed by atoms with Crippen molar-refractivity contribution < 1.29 is 14.3 Å². The Labute approximate surface area is 159 Å². The van der Waals surface area contributed by atoms with Crippen molar-refractivity contribution in [2.45, 2.75) is 40.2 Å². The Bertz CT molecular complexity index is 796. The molecule has 0 aliphatic carbocycles.